The van der Waals surface area contributed by atoms with E-state index < -0.39 is 0 Å². The number of rotatable bonds is 20. The third-order valence-corrected chi connectivity index (χ3v) is 8.78. The lowest BCUT2D eigenvalue weighted by atomic mass is 10.1. The molecule has 2 N–H and O–H groups in total. The molecule has 0 radical (unpaired) electrons. The number of aryl methyl sites for hydroxylation is 4. The van der Waals surface area contributed by atoms with Gasteiger partial charge in [0, 0.05) is 48.2 Å². The summed E-state index contributed by atoms with van der Waals surface area (Å²) in [5.41, 5.74) is 12.9. The van der Waals surface area contributed by atoms with Crippen LogP contribution >= 0.6 is 0 Å². The molecule has 7 heteroatoms. The van der Waals surface area contributed by atoms with Gasteiger partial charge in [-0.05, 0) is 75.6 Å². The first-order valence-electron chi connectivity index (χ1n) is 17.4. The van der Waals surface area contributed by atoms with Gasteiger partial charge < -0.3 is 4.48 Å². The molecule has 0 unspecified atom stereocenters. The van der Waals surface area contributed by atoms with Crippen LogP contribution in [0.5, 0.6) is 0 Å². The van der Waals surface area contributed by atoms with Crippen LogP contribution in [0, 0.1) is 13.8 Å². The second-order valence-electron chi connectivity index (χ2n) is 13.3. The van der Waals surface area contributed by atoms with Gasteiger partial charge in [0.1, 0.15) is 13.1 Å². The van der Waals surface area contributed by atoms with Crippen molar-refractivity contribution in [3.63, 3.8) is 0 Å². The number of hydrogen-bond acceptors (Lipinski definition) is 4. The average Bonchev–Trinajstić information content (AvgIpc) is 3.07. The maximum absolute atomic E-state index is 4.39. The Labute approximate surface area is 283 Å². The number of aromatic nitrogens is 2. The molecule has 47 heavy (non-hydrogen) atoms. The van der Waals surface area contributed by atoms with E-state index in [1.165, 1.54) is 75.6 Å². The van der Waals surface area contributed by atoms with Gasteiger partial charge in [-0.3, -0.25) is 10.9 Å². The largest absolute Gasteiger partial charge is 0.328 e. The van der Waals surface area contributed by atoms with Gasteiger partial charge in [-0.25, -0.2) is 9.13 Å². The molecule has 2 aromatic heterocycles. The van der Waals surface area contributed by atoms with E-state index in [4.69, 9.17) is 0 Å². The summed E-state index contributed by atoms with van der Waals surface area (Å²) in [6, 6.07) is 24.9. The Morgan fingerprint density at radius 1 is 0.532 bits per heavy atom. The number of benzene rings is 2. The van der Waals surface area contributed by atoms with Gasteiger partial charge in [-0.1, -0.05) is 36.4 Å². The highest BCUT2D eigenvalue weighted by Gasteiger charge is 2.14. The molecule has 0 spiro atoms. The molecule has 0 aliphatic heterocycles. The molecule has 0 aliphatic carbocycles. The Kier molecular flexibility index (Phi) is 14.6. The van der Waals surface area contributed by atoms with Crippen LogP contribution in [0.1, 0.15) is 73.6 Å². The van der Waals surface area contributed by atoms with Crippen molar-refractivity contribution in [1.29, 1.82) is 0 Å². The Balaban J connectivity index is 0.998. The van der Waals surface area contributed by atoms with E-state index in [0.29, 0.717) is 0 Å². The molecular weight excluding hydrogens is 578 g/mol. The van der Waals surface area contributed by atoms with Crippen molar-refractivity contribution in [2.75, 3.05) is 38.0 Å². The van der Waals surface area contributed by atoms with Gasteiger partial charge in [-0.2, -0.15) is 10.2 Å². The maximum Gasteiger partial charge on any atom is 0.169 e. The van der Waals surface area contributed by atoms with Crippen LogP contribution in [-0.2, 0) is 13.1 Å². The molecule has 4 aromatic rings. The molecule has 4 rings (SSSR count). The molecule has 0 atom stereocenters. The van der Waals surface area contributed by atoms with Gasteiger partial charge in [0.15, 0.2) is 24.8 Å². The molecule has 7 nitrogen and oxygen atoms in total. The summed E-state index contributed by atoms with van der Waals surface area (Å²) in [7, 11) is 4.79. The lowest BCUT2D eigenvalue weighted by Gasteiger charge is -2.30. The number of hydrazone groups is 2. The molecular formula is C40H56N7+3. The average molecular weight is 635 g/mol. The van der Waals surface area contributed by atoms with Crippen LogP contribution in [0.15, 0.2) is 108 Å². The Morgan fingerprint density at radius 2 is 0.915 bits per heavy atom. The second-order valence-corrected chi connectivity index (χ2v) is 13.3. The lowest BCUT2D eigenvalue weighted by molar-refractivity contribution is -0.890. The van der Waals surface area contributed by atoms with Gasteiger partial charge in [0.25, 0.3) is 0 Å². The second kappa shape index (κ2) is 19.3. The van der Waals surface area contributed by atoms with Crippen molar-refractivity contribution >= 4 is 23.8 Å². The molecule has 2 aromatic carbocycles. The van der Waals surface area contributed by atoms with Crippen molar-refractivity contribution < 1.29 is 13.6 Å². The van der Waals surface area contributed by atoms with Crippen LogP contribution in [0.3, 0.4) is 0 Å². The highest BCUT2D eigenvalue weighted by atomic mass is 15.3. The van der Waals surface area contributed by atoms with Gasteiger partial charge in [-0.15, -0.1) is 0 Å². The summed E-state index contributed by atoms with van der Waals surface area (Å²) in [6.07, 6.45) is 22.6. The molecule has 2 heterocycles. The SMILES string of the molecule is Cc1ccccc1N/N=C/c1cc[n+](CCCCCC[N+](C)(C)CCCCCC[n+]2ccc(/C=N/Nc3ccccc3C)cc2)cc1. The first kappa shape index (κ1) is 35.5. The number of hydrogen-bond donors (Lipinski definition) is 2. The quantitative estimate of drug-likeness (QED) is 0.0345. The van der Waals surface area contributed by atoms with Crippen molar-refractivity contribution in [3.8, 4) is 0 Å². The van der Waals surface area contributed by atoms with E-state index in [1.807, 2.05) is 48.8 Å². The summed E-state index contributed by atoms with van der Waals surface area (Å²) in [5, 5.41) is 8.77. The number of nitrogens with zero attached hydrogens (tertiary/aromatic N) is 5. The summed E-state index contributed by atoms with van der Waals surface area (Å²) >= 11 is 0. The zero-order valence-electron chi connectivity index (χ0n) is 29.1. The van der Waals surface area contributed by atoms with Crippen LogP contribution in [0.25, 0.3) is 0 Å². The van der Waals surface area contributed by atoms with Crippen LogP contribution < -0.4 is 20.0 Å². The van der Waals surface area contributed by atoms with E-state index in [-0.39, 0.29) is 0 Å². The van der Waals surface area contributed by atoms with E-state index in [2.05, 4.69) is 119 Å². The molecule has 0 amide bonds. The Morgan fingerprint density at radius 3 is 1.32 bits per heavy atom. The summed E-state index contributed by atoms with van der Waals surface area (Å²) in [5.74, 6) is 0. The first-order valence-corrected chi connectivity index (χ1v) is 17.4. The minimum Gasteiger partial charge on any atom is -0.328 e. The predicted molar refractivity (Wildman–Crippen MR) is 197 cm³/mol. The Bertz CT molecular complexity index is 1410. The van der Waals surface area contributed by atoms with E-state index in [1.54, 1.807) is 0 Å². The van der Waals surface area contributed by atoms with Crippen LogP contribution in [0.4, 0.5) is 11.4 Å². The zero-order chi connectivity index (χ0) is 33.2. The van der Waals surface area contributed by atoms with Crippen molar-refractivity contribution in [3.05, 3.63) is 120 Å². The van der Waals surface area contributed by atoms with Crippen molar-refractivity contribution in [2.45, 2.75) is 78.3 Å². The fourth-order valence-corrected chi connectivity index (χ4v) is 5.64. The first-order chi connectivity index (χ1) is 22.9. The molecule has 0 saturated heterocycles. The van der Waals surface area contributed by atoms with Crippen LogP contribution in [-0.4, -0.2) is 44.1 Å². The minimum atomic E-state index is 1.04. The predicted octanol–water partition coefficient (Wildman–Crippen LogP) is 7.67. The van der Waals surface area contributed by atoms with E-state index >= 15 is 0 Å². The van der Waals surface area contributed by atoms with E-state index in [9.17, 15) is 0 Å². The van der Waals surface area contributed by atoms with Crippen molar-refractivity contribution in [2.24, 2.45) is 10.2 Å². The van der Waals surface area contributed by atoms with E-state index in [0.717, 1.165) is 40.1 Å². The zero-order valence-corrected chi connectivity index (χ0v) is 29.1. The standard InChI is InChI=1S/C40H54N7/c1-35-17-9-11-19-39(35)43-41-33-37-21-27-45(28-22-37)25-13-5-7-15-31-47(3,4)32-16-8-6-14-26-46-29-23-38(24-30-46)34-42-44-40-20-12-10-18-36(40)2/h9-12,17-24,27-30,33-34H,5-8,13-16,25-26,31-32H2,1-4H3/q+1/p+2. The van der Waals surface area contributed by atoms with Gasteiger partial charge in [0.2, 0.25) is 0 Å². The smallest absolute Gasteiger partial charge is 0.169 e. The monoisotopic (exact) mass is 634 g/mol. The van der Waals surface area contributed by atoms with Gasteiger partial charge in [0.05, 0.1) is 51.0 Å². The third-order valence-electron chi connectivity index (χ3n) is 8.78. The summed E-state index contributed by atoms with van der Waals surface area (Å²) in [4.78, 5) is 0. The van der Waals surface area contributed by atoms with Gasteiger partial charge >= 0.3 is 0 Å². The fourth-order valence-electron chi connectivity index (χ4n) is 5.64. The molecule has 0 aliphatic rings. The number of nitrogens with one attached hydrogen (secondary N) is 2. The normalized spacial score (nSPS) is 11.8. The van der Waals surface area contributed by atoms with Crippen LogP contribution in [0.2, 0.25) is 0 Å². The number of anilines is 2. The Hall–Kier alpha value is -4.36. The number of unbranched alkanes of at least 4 members (excludes halogenated alkanes) is 6. The highest BCUT2D eigenvalue weighted by molar-refractivity contribution is 5.80. The summed E-state index contributed by atoms with van der Waals surface area (Å²) in [6.45, 7) is 8.84. The number of pyridine rings is 2. The topological polar surface area (TPSA) is 56.5 Å². The minimum absolute atomic E-state index is 1.04. The molecule has 0 fully saturated rings. The molecule has 0 bridgehead atoms. The third kappa shape index (κ3) is 13.5. The maximum atomic E-state index is 4.39. The molecule has 0 saturated carbocycles. The van der Waals surface area contributed by atoms with Crippen molar-refractivity contribution in [1.82, 2.24) is 0 Å². The fraction of sp³-hybridized carbons (Fsp3) is 0.400. The highest BCUT2D eigenvalue weighted by Crippen LogP contribution is 2.14. The number of quaternary nitrogens is 1. The summed E-state index contributed by atoms with van der Waals surface area (Å²) < 4.78 is 5.69. The molecule has 248 valence electrons. The lowest BCUT2D eigenvalue weighted by Crippen LogP contribution is -2.41. The number of para-hydroxylation sites is 2.